The zero-order valence-electron chi connectivity index (χ0n) is 7.82. The third-order valence-electron chi connectivity index (χ3n) is 2.08. The third-order valence-corrected chi connectivity index (χ3v) is 2.85. The van der Waals surface area contributed by atoms with Crippen LogP contribution in [0.5, 0.6) is 0 Å². The van der Waals surface area contributed by atoms with Gasteiger partial charge in [0.1, 0.15) is 0 Å². The van der Waals surface area contributed by atoms with Crippen molar-refractivity contribution >= 4 is 27.8 Å². The van der Waals surface area contributed by atoms with Crippen molar-refractivity contribution in [3.63, 3.8) is 0 Å². The van der Waals surface area contributed by atoms with E-state index in [9.17, 15) is 0 Å². The number of nitrogens with zero attached hydrogens (tertiary/aromatic N) is 1. The van der Waals surface area contributed by atoms with Gasteiger partial charge >= 0.3 is 0 Å². The molecule has 1 aromatic heterocycles. The van der Waals surface area contributed by atoms with Crippen molar-refractivity contribution in [1.29, 1.82) is 5.41 Å². The lowest BCUT2D eigenvalue weighted by molar-refractivity contribution is 0.958. The van der Waals surface area contributed by atoms with Crippen LogP contribution in [-0.2, 0) is 7.05 Å². The summed E-state index contributed by atoms with van der Waals surface area (Å²) in [5, 5.41) is 8.52. The van der Waals surface area contributed by atoms with Gasteiger partial charge in [-0.3, -0.25) is 5.41 Å². The van der Waals surface area contributed by atoms with Crippen LogP contribution in [-0.4, -0.2) is 9.73 Å². The molecule has 0 atom stereocenters. The minimum Gasteiger partial charge on any atom is -0.378 e. The van der Waals surface area contributed by atoms with E-state index in [-0.39, 0.29) is 5.17 Å². The van der Waals surface area contributed by atoms with Gasteiger partial charge in [0.2, 0.25) is 0 Å². The summed E-state index contributed by atoms with van der Waals surface area (Å²) in [4.78, 5) is 1.04. The smallest absolute Gasteiger partial charge is 0.156 e. The largest absolute Gasteiger partial charge is 0.378 e. The number of nitrogens with two attached hydrogens (primary N) is 1. The van der Waals surface area contributed by atoms with Gasteiger partial charge < -0.3 is 10.3 Å². The van der Waals surface area contributed by atoms with E-state index in [1.165, 1.54) is 11.8 Å². The lowest BCUT2D eigenvalue weighted by atomic mass is 10.2. The molecule has 0 amide bonds. The summed E-state index contributed by atoms with van der Waals surface area (Å²) in [5.74, 6) is 0. The Morgan fingerprint density at radius 3 is 2.86 bits per heavy atom. The fourth-order valence-corrected chi connectivity index (χ4v) is 2.23. The van der Waals surface area contributed by atoms with Gasteiger partial charge in [-0.25, -0.2) is 0 Å². The summed E-state index contributed by atoms with van der Waals surface area (Å²) in [6, 6.07) is 8.09. The Kier molecular flexibility index (Phi) is 2.21. The van der Waals surface area contributed by atoms with Crippen molar-refractivity contribution in [2.45, 2.75) is 4.90 Å². The molecule has 0 saturated carbocycles. The Bertz CT molecular complexity index is 487. The minimum absolute atomic E-state index is 0.126. The number of hydrogen-bond donors (Lipinski definition) is 2. The molecule has 72 valence electrons. The number of nitrogens with one attached hydrogen (secondary N) is 1. The zero-order chi connectivity index (χ0) is 10.1. The molecule has 4 heteroatoms. The number of fused-ring (bicyclic) bond motifs is 1. The Labute approximate surface area is 86.4 Å². The second kappa shape index (κ2) is 3.38. The summed E-state index contributed by atoms with van der Waals surface area (Å²) in [7, 11) is 1.99. The lowest BCUT2D eigenvalue weighted by Gasteiger charge is -1.95. The maximum Gasteiger partial charge on any atom is 0.156 e. The molecule has 0 spiro atoms. The SMILES string of the molecule is Cn1cc(SC(=N)N)c2ccccc21. The molecule has 0 bridgehead atoms. The Hall–Kier alpha value is -1.42. The molecule has 2 rings (SSSR count). The highest BCUT2D eigenvalue weighted by Gasteiger charge is 2.06. The van der Waals surface area contributed by atoms with Gasteiger partial charge in [0.15, 0.2) is 5.17 Å². The van der Waals surface area contributed by atoms with Crippen molar-refractivity contribution in [3.05, 3.63) is 30.5 Å². The Balaban J connectivity index is 2.60. The van der Waals surface area contributed by atoms with Crippen LogP contribution in [0.4, 0.5) is 0 Å². The summed E-state index contributed by atoms with van der Waals surface area (Å²) in [6.07, 6.45) is 2.00. The van der Waals surface area contributed by atoms with Gasteiger partial charge in [-0.15, -0.1) is 0 Å². The van der Waals surface area contributed by atoms with E-state index >= 15 is 0 Å². The lowest BCUT2D eigenvalue weighted by Crippen LogP contribution is -2.02. The second-order valence-corrected chi connectivity index (χ2v) is 4.17. The number of para-hydroxylation sites is 1. The first-order chi connectivity index (χ1) is 6.68. The number of thioether (sulfide) groups is 1. The van der Waals surface area contributed by atoms with Crippen molar-refractivity contribution in [2.75, 3.05) is 0 Å². The molecular formula is C10H11N3S. The van der Waals surface area contributed by atoms with Gasteiger partial charge in [-0.1, -0.05) is 30.0 Å². The fourth-order valence-electron chi connectivity index (χ4n) is 1.50. The highest BCUT2D eigenvalue weighted by molar-refractivity contribution is 8.13. The molecule has 3 N–H and O–H groups in total. The van der Waals surface area contributed by atoms with Gasteiger partial charge in [0.25, 0.3) is 0 Å². The molecule has 3 nitrogen and oxygen atoms in total. The van der Waals surface area contributed by atoms with Crippen LogP contribution in [0, 0.1) is 5.41 Å². The van der Waals surface area contributed by atoms with Crippen LogP contribution in [0.25, 0.3) is 10.9 Å². The predicted molar refractivity (Wildman–Crippen MR) is 60.7 cm³/mol. The highest BCUT2D eigenvalue weighted by atomic mass is 32.2. The Morgan fingerprint density at radius 2 is 2.14 bits per heavy atom. The molecule has 0 radical (unpaired) electrons. The maximum atomic E-state index is 7.25. The summed E-state index contributed by atoms with van der Waals surface area (Å²) >= 11 is 1.29. The summed E-state index contributed by atoms with van der Waals surface area (Å²) < 4.78 is 2.04. The van der Waals surface area contributed by atoms with E-state index < -0.39 is 0 Å². The quantitative estimate of drug-likeness (QED) is 0.426. The molecule has 0 aliphatic rings. The molecule has 2 aromatic rings. The van der Waals surface area contributed by atoms with Crippen molar-refractivity contribution < 1.29 is 0 Å². The molecule has 0 aliphatic heterocycles. The van der Waals surface area contributed by atoms with Crippen molar-refractivity contribution in [1.82, 2.24) is 4.57 Å². The van der Waals surface area contributed by atoms with Crippen molar-refractivity contribution in [3.8, 4) is 0 Å². The van der Waals surface area contributed by atoms with Crippen LogP contribution in [0.3, 0.4) is 0 Å². The number of amidine groups is 1. The van der Waals surface area contributed by atoms with E-state index in [0.717, 1.165) is 15.8 Å². The summed E-state index contributed by atoms with van der Waals surface area (Å²) in [6.45, 7) is 0. The number of rotatable bonds is 1. The average Bonchev–Trinajstić information content (AvgIpc) is 2.44. The van der Waals surface area contributed by atoms with E-state index in [2.05, 4.69) is 6.07 Å². The van der Waals surface area contributed by atoms with Gasteiger partial charge in [-0.05, 0) is 6.07 Å². The molecule has 0 unspecified atom stereocenters. The fraction of sp³-hybridized carbons (Fsp3) is 0.100. The van der Waals surface area contributed by atoms with E-state index in [1.54, 1.807) is 0 Å². The molecule has 1 heterocycles. The van der Waals surface area contributed by atoms with Gasteiger partial charge in [-0.2, -0.15) is 0 Å². The molecule has 0 fully saturated rings. The maximum absolute atomic E-state index is 7.25. The first kappa shape index (κ1) is 9.15. The third kappa shape index (κ3) is 1.48. The summed E-state index contributed by atoms with van der Waals surface area (Å²) in [5.41, 5.74) is 6.52. The minimum atomic E-state index is 0.126. The van der Waals surface area contributed by atoms with E-state index in [1.807, 2.05) is 36.0 Å². The monoisotopic (exact) mass is 205 g/mol. The molecule has 0 aliphatic carbocycles. The van der Waals surface area contributed by atoms with Crippen LogP contribution in [0.1, 0.15) is 0 Å². The first-order valence-electron chi connectivity index (χ1n) is 4.24. The van der Waals surface area contributed by atoms with E-state index in [4.69, 9.17) is 11.1 Å². The first-order valence-corrected chi connectivity index (χ1v) is 5.06. The predicted octanol–water partition coefficient (Wildman–Crippen LogP) is 2.16. The van der Waals surface area contributed by atoms with Crippen LogP contribution in [0.2, 0.25) is 0 Å². The van der Waals surface area contributed by atoms with Crippen LogP contribution < -0.4 is 5.73 Å². The van der Waals surface area contributed by atoms with E-state index in [0.29, 0.717) is 0 Å². The number of aryl methyl sites for hydroxylation is 1. The average molecular weight is 205 g/mol. The Morgan fingerprint density at radius 1 is 1.43 bits per heavy atom. The van der Waals surface area contributed by atoms with Gasteiger partial charge in [0.05, 0.1) is 0 Å². The number of aromatic nitrogens is 1. The standard InChI is InChI=1S/C10H11N3S/c1-13-6-9(14-10(11)12)7-4-2-3-5-8(7)13/h2-6H,1H3,(H3,11,12). The molecule has 14 heavy (non-hydrogen) atoms. The second-order valence-electron chi connectivity index (χ2n) is 3.09. The number of benzene rings is 1. The van der Waals surface area contributed by atoms with Gasteiger partial charge in [0, 0.05) is 29.0 Å². The number of hydrogen-bond acceptors (Lipinski definition) is 2. The molecule has 1 aromatic carbocycles. The zero-order valence-corrected chi connectivity index (χ0v) is 8.64. The normalized spacial score (nSPS) is 10.6. The van der Waals surface area contributed by atoms with Crippen LogP contribution >= 0.6 is 11.8 Å². The molecular weight excluding hydrogens is 194 g/mol. The van der Waals surface area contributed by atoms with Crippen LogP contribution in [0.15, 0.2) is 35.4 Å². The molecule has 0 saturated heterocycles. The van der Waals surface area contributed by atoms with Crippen molar-refractivity contribution in [2.24, 2.45) is 12.8 Å². The highest BCUT2D eigenvalue weighted by Crippen LogP contribution is 2.28. The topological polar surface area (TPSA) is 54.8 Å².